The fourth-order valence-corrected chi connectivity index (χ4v) is 3.14. The number of ether oxygens (including phenoxy) is 1. The van der Waals surface area contributed by atoms with E-state index in [1.807, 2.05) is 36.1 Å². The lowest BCUT2D eigenvalue weighted by molar-refractivity contribution is -0.131. The van der Waals surface area contributed by atoms with Gasteiger partial charge in [-0.1, -0.05) is 32.9 Å². The Morgan fingerprint density at radius 2 is 1.92 bits per heavy atom. The van der Waals surface area contributed by atoms with Gasteiger partial charge in [-0.2, -0.15) is 0 Å². The normalized spacial score (nSPS) is 12.2. The van der Waals surface area contributed by atoms with Crippen molar-refractivity contribution >= 4 is 5.91 Å². The molecule has 0 N–H and O–H groups in total. The fourth-order valence-electron chi connectivity index (χ4n) is 3.14. The highest BCUT2D eigenvalue weighted by molar-refractivity contribution is 5.75. The summed E-state index contributed by atoms with van der Waals surface area (Å²) in [6.07, 6.45) is 3.09. The largest absolute Gasteiger partial charge is 0.497 e. The Bertz CT molecular complexity index is 632. The van der Waals surface area contributed by atoms with Crippen LogP contribution >= 0.6 is 0 Å². The van der Waals surface area contributed by atoms with Gasteiger partial charge in [0, 0.05) is 13.0 Å². The zero-order chi connectivity index (χ0) is 18.2. The van der Waals surface area contributed by atoms with Crippen LogP contribution in [0, 0.1) is 5.92 Å². The number of nitrogens with zero attached hydrogens (tertiary/aromatic N) is 1. The third-order valence-electron chi connectivity index (χ3n) is 4.64. The van der Waals surface area contributed by atoms with Crippen LogP contribution in [0.2, 0.25) is 0 Å². The zero-order valence-electron chi connectivity index (χ0n) is 15.7. The first-order chi connectivity index (χ1) is 12.0. The molecule has 0 fully saturated rings. The molecule has 0 saturated carbocycles. The Labute approximate surface area is 150 Å². The Kier molecular flexibility index (Phi) is 7.11. The third kappa shape index (κ3) is 5.38. The van der Waals surface area contributed by atoms with E-state index in [1.54, 1.807) is 13.4 Å². The molecule has 0 saturated heterocycles. The molecule has 0 radical (unpaired) electrons. The molecule has 0 aliphatic carbocycles. The molecule has 1 atom stereocenters. The number of benzene rings is 1. The lowest BCUT2D eigenvalue weighted by atomic mass is 9.85. The van der Waals surface area contributed by atoms with Crippen LogP contribution in [0.25, 0.3) is 0 Å². The van der Waals surface area contributed by atoms with Gasteiger partial charge in [-0.25, -0.2) is 0 Å². The number of furan rings is 1. The van der Waals surface area contributed by atoms with E-state index < -0.39 is 0 Å². The van der Waals surface area contributed by atoms with Crippen LogP contribution in [0.15, 0.2) is 47.1 Å². The highest BCUT2D eigenvalue weighted by Crippen LogP contribution is 2.29. The predicted octanol–water partition coefficient (Wildman–Crippen LogP) is 4.86. The van der Waals surface area contributed by atoms with Crippen molar-refractivity contribution in [3.05, 3.63) is 54.0 Å². The molecular formula is C21H29NO3. The Morgan fingerprint density at radius 3 is 2.44 bits per heavy atom. The monoisotopic (exact) mass is 343 g/mol. The van der Waals surface area contributed by atoms with Crippen molar-refractivity contribution in [2.45, 2.75) is 46.1 Å². The maximum Gasteiger partial charge on any atom is 0.222 e. The summed E-state index contributed by atoms with van der Waals surface area (Å²) in [5.74, 6) is 2.75. The average molecular weight is 343 g/mol. The summed E-state index contributed by atoms with van der Waals surface area (Å²) in [6.45, 7) is 7.62. The molecule has 1 aromatic carbocycles. The first kappa shape index (κ1) is 19.1. The van der Waals surface area contributed by atoms with Crippen LogP contribution in [0.3, 0.4) is 0 Å². The van der Waals surface area contributed by atoms with Gasteiger partial charge in [0.25, 0.3) is 0 Å². The smallest absolute Gasteiger partial charge is 0.222 e. The van der Waals surface area contributed by atoms with Crippen LogP contribution in [0.5, 0.6) is 5.75 Å². The summed E-state index contributed by atoms with van der Waals surface area (Å²) in [6, 6.07) is 12.0. The second-order valence-electron chi connectivity index (χ2n) is 6.66. The topological polar surface area (TPSA) is 42.7 Å². The summed E-state index contributed by atoms with van der Waals surface area (Å²) in [7, 11) is 1.68. The van der Waals surface area contributed by atoms with Gasteiger partial charge in [0.05, 0.1) is 19.9 Å². The SMILES string of the molecule is CCC(=O)N(CCC(c1ccc(OC)cc1)C(C)C)Cc1ccco1. The van der Waals surface area contributed by atoms with Crippen molar-refractivity contribution in [2.75, 3.05) is 13.7 Å². The van der Waals surface area contributed by atoms with Crippen molar-refractivity contribution in [3.63, 3.8) is 0 Å². The van der Waals surface area contributed by atoms with Crippen molar-refractivity contribution < 1.29 is 13.9 Å². The number of hydrogen-bond acceptors (Lipinski definition) is 3. The molecule has 0 aliphatic heterocycles. The first-order valence-corrected chi connectivity index (χ1v) is 8.99. The van der Waals surface area contributed by atoms with Gasteiger partial charge < -0.3 is 14.1 Å². The predicted molar refractivity (Wildman–Crippen MR) is 99.6 cm³/mol. The molecule has 4 nitrogen and oxygen atoms in total. The molecule has 1 aromatic heterocycles. The van der Waals surface area contributed by atoms with Gasteiger partial charge in [0.15, 0.2) is 0 Å². The molecule has 1 unspecified atom stereocenters. The van der Waals surface area contributed by atoms with E-state index in [0.29, 0.717) is 24.8 Å². The summed E-state index contributed by atoms with van der Waals surface area (Å²) >= 11 is 0. The standard InChI is InChI=1S/C21H29NO3/c1-5-21(23)22(15-19-7-6-14-25-19)13-12-20(16(2)3)17-8-10-18(24-4)11-9-17/h6-11,14,16,20H,5,12-13,15H2,1-4H3. The Hall–Kier alpha value is -2.23. The Morgan fingerprint density at radius 1 is 1.20 bits per heavy atom. The summed E-state index contributed by atoms with van der Waals surface area (Å²) < 4.78 is 10.7. The lowest BCUT2D eigenvalue weighted by Gasteiger charge is -2.27. The van der Waals surface area contributed by atoms with Gasteiger partial charge in [-0.15, -0.1) is 0 Å². The molecule has 0 spiro atoms. The van der Waals surface area contributed by atoms with E-state index in [9.17, 15) is 4.79 Å². The molecule has 0 bridgehead atoms. The van der Waals surface area contributed by atoms with E-state index in [-0.39, 0.29) is 5.91 Å². The van der Waals surface area contributed by atoms with E-state index in [2.05, 4.69) is 26.0 Å². The zero-order valence-corrected chi connectivity index (χ0v) is 15.7. The first-order valence-electron chi connectivity index (χ1n) is 8.99. The van der Waals surface area contributed by atoms with Gasteiger partial charge in [0.2, 0.25) is 5.91 Å². The highest BCUT2D eigenvalue weighted by atomic mass is 16.5. The van der Waals surface area contributed by atoms with Crippen LogP contribution in [0.1, 0.15) is 50.9 Å². The van der Waals surface area contributed by atoms with Crippen molar-refractivity contribution in [2.24, 2.45) is 5.92 Å². The Balaban J connectivity index is 2.06. The van der Waals surface area contributed by atoms with E-state index >= 15 is 0 Å². The second-order valence-corrected chi connectivity index (χ2v) is 6.66. The molecule has 4 heteroatoms. The number of rotatable bonds is 9. The van der Waals surface area contributed by atoms with E-state index in [4.69, 9.17) is 9.15 Å². The number of carbonyl (C=O) groups excluding carboxylic acids is 1. The third-order valence-corrected chi connectivity index (χ3v) is 4.64. The van der Waals surface area contributed by atoms with E-state index in [0.717, 1.165) is 24.5 Å². The number of carbonyl (C=O) groups is 1. The number of amides is 1. The number of methoxy groups -OCH3 is 1. The van der Waals surface area contributed by atoms with Gasteiger partial charge in [0.1, 0.15) is 11.5 Å². The fraction of sp³-hybridized carbons (Fsp3) is 0.476. The molecular weight excluding hydrogens is 314 g/mol. The molecule has 1 heterocycles. The van der Waals surface area contributed by atoms with Crippen molar-refractivity contribution in [1.29, 1.82) is 0 Å². The molecule has 25 heavy (non-hydrogen) atoms. The molecule has 1 amide bonds. The van der Waals surface area contributed by atoms with Gasteiger partial charge in [-0.05, 0) is 48.1 Å². The quantitative estimate of drug-likeness (QED) is 0.653. The lowest BCUT2D eigenvalue weighted by Crippen LogP contribution is -2.32. The van der Waals surface area contributed by atoms with Gasteiger partial charge in [-0.3, -0.25) is 4.79 Å². The summed E-state index contributed by atoms with van der Waals surface area (Å²) in [4.78, 5) is 14.2. The van der Waals surface area contributed by atoms with Crippen LogP contribution in [-0.2, 0) is 11.3 Å². The minimum absolute atomic E-state index is 0.161. The molecule has 0 aliphatic rings. The minimum Gasteiger partial charge on any atom is -0.497 e. The second kappa shape index (κ2) is 9.30. The van der Waals surface area contributed by atoms with Crippen molar-refractivity contribution in [3.8, 4) is 5.75 Å². The maximum atomic E-state index is 12.3. The summed E-state index contributed by atoms with van der Waals surface area (Å²) in [5, 5.41) is 0. The highest BCUT2D eigenvalue weighted by Gasteiger charge is 2.20. The molecule has 2 aromatic rings. The average Bonchev–Trinajstić information content (AvgIpc) is 3.13. The van der Waals surface area contributed by atoms with Crippen LogP contribution in [0.4, 0.5) is 0 Å². The maximum absolute atomic E-state index is 12.3. The van der Waals surface area contributed by atoms with Gasteiger partial charge >= 0.3 is 0 Å². The van der Waals surface area contributed by atoms with Crippen LogP contribution in [-0.4, -0.2) is 24.5 Å². The van der Waals surface area contributed by atoms with Crippen LogP contribution < -0.4 is 4.74 Å². The minimum atomic E-state index is 0.161. The molecule has 136 valence electrons. The summed E-state index contributed by atoms with van der Waals surface area (Å²) in [5.41, 5.74) is 1.29. The van der Waals surface area contributed by atoms with E-state index in [1.165, 1.54) is 5.56 Å². The van der Waals surface area contributed by atoms with Crippen molar-refractivity contribution in [1.82, 2.24) is 4.90 Å². The number of hydrogen-bond donors (Lipinski definition) is 0. The molecule has 2 rings (SSSR count).